The summed E-state index contributed by atoms with van der Waals surface area (Å²) in [4.78, 5) is 0. The van der Waals surface area contributed by atoms with Crippen molar-refractivity contribution in [2.24, 2.45) is 0 Å². The molecule has 0 aromatic rings. The molecule has 2 rings (SSSR count). The minimum atomic E-state index is -4.27. The number of halogens is 3. The zero-order valence-electron chi connectivity index (χ0n) is 8.50. The Balaban J connectivity index is 2.02. The fraction of sp³-hybridized carbons (Fsp3) is 0.800. The molecule has 0 radical (unpaired) electrons. The first kappa shape index (κ1) is 10.8. The largest absolute Gasteiger partial charge is 0.498 e. The van der Waals surface area contributed by atoms with Crippen molar-refractivity contribution < 1.29 is 13.2 Å². The molecule has 2 nitrogen and oxygen atoms in total. The highest BCUT2D eigenvalue weighted by atomic mass is 19.4. The van der Waals surface area contributed by atoms with E-state index in [0.717, 1.165) is 38.3 Å². The summed E-state index contributed by atoms with van der Waals surface area (Å²) in [7, 11) is 0. The molecular formula is C10H15F3N2. The summed E-state index contributed by atoms with van der Waals surface area (Å²) in [5.74, 6) is 0. The Hall–Kier alpha value is -0.710. The third-order valence-corrected chi connectivity index (χ3v) is 3.07. The molecule has 0 atom stereocenters. The highest BCUT2D eigenvalue weighted by Gasteiger charge is 2.43. The van der Waals surface area contributed by atoms with Crippen molar-refractivity contribution in [3.05, 3.63) is 12.3 Å². The maximum atomic E-state index is 12.6. The van der Waals surface area contributed by atoms with Gasteiger partial charge in [0.15, 0.2) is 0 Å². The van der Waals surface area contributed by atoms with Crippen molar-refractivity contribution >= 4 is 0 Å². The quantitative estimate of drug-likeness (QED) is 0.627. The SMILES string of the molecule is FC(F)(F)N1C=CCN1C1CCCCC1. The van der Waals surface area contributed by atoms with Crippen LogP contribution >= 0.6 is 0 Å². The van der Waals surface area contributed by atoms with Gasteiger partial charge in [-0.3, -0.25) is 0 Å². The number of nitrogens with zero attached hydrogens (tertiary/aromatic N) is 2. The molecule has 86 valence electrons. The lowest BCUT2D eigenvalue weighted by Crippen LogP contribution is -2.50. The van der Waals surface area contributed by atoms with Crippen molar-refractivity contribution in [1.82, 2.24) is 10.0 Å². The van der Waals surface area contributed by atoms with Crippen LogP contribution < -0.4 is 0 Å². The lowest BCUT2D eigenvalue weighted by atomic mass is 9.95. The lowest BCUT2D eigenvalue weighted by molar-refractivity contribution is -0.293. The molecule has 0 amide bonds. The number of alkyl halides is 3. The summed E-state index contributed by atoms with van der Waals surface area (Å²) in [6.45, 7) is 0.393. The van der Waals surface area contributed by atoms with Gasteiger partial charge in [-0.05, 0) is 12.8 Å². The molecule has 0 aromatic heterocycles. The minimum Gasteiger partial charge on any atom is -0.221 e. The zero-order chi connectivity index (χ0) is 10.9. The summed E-state index contributed by atoms with van der Waals surface area (Å²) in [5.41, 5.74) is 0. The molecular weight excluding hydrogens is 205 g/mol. The Morgan fingerprint density at radius 3 is 2.33 bits per heavy atom. The van der Waals surface area contributed by atoms with E-state index in [9.17, 15) is 13.2 Å². The van der Waals surface area contributed by atoms with Gasteiger partial charge in [0.05, 0.1) is 0 Å². The van der Waals surface area contributed by atoms with Crippen LogP contribution in [0.4, 0.5) is 13.2 Å². The number of hydrogen-bond donors (Lipinski definition) is 0. The standard InChI is InChI=1S/C10H15F3N2/c11-10(12,13)15-8-4-7-14(15)9-5-2-1-3-6-9/h4,8-9H,1-3,5-7H2. The molecule has 1 fully saturated rings. The third-order valence-electron chi connectivity index (χ3n) is 3.07. The molecule has 0 spiro atoms. The average Bonchev–Trinajstić information content (AvgIpc) is 2.67. The molecule has 0 bridgehead atoms. The van der Waals surface area contributed by atoms with E-state index in [4.69, 9.17) is 0 Å². The average molecular weight is 220 g/mol. The van der Waals surface area contributed by atoms with E-state index >= 15 is 0 Å². The van der Waals surface area contributed by atoms with Gasteiger partial charge < -0.3 is 0 Å². The predicted octanol–water partition coefficient (Wildman–Crippen LogP) is 2.89. The van der Waals surface area contributed by atoms with Crippen LogP contribution in [0, 0.1) is 0 Å². The Kier molecular flexibility index (Phi) is 2.91. The van der Waals surface area contributed by atoms with E-state index < -0.39 is 6.30 Å². The van der Waals surface area contributed by atoms with E-state index in [1.54, 1.807) is 6.08 Å². The Morgan fingerprint density at radius 1 is 1.07 bits per heavy atom. The molecule has 1 aliphatic heterocycles. The molecule has 0 aromatic carbocycles. The van der Waals surface area contributed by atoms with Gasteiger partial charge in [0, 0.05) is 18.8 Å². The van der Waals surface area contributed by atoms with Crippen molar-refractivity contribution in [2.45, 2.75) is 44.4 Å². The summed E-state index contributed by atoms with van der Waals surface area (Å²) in [5, 5.41) is 1.88. The van der Waals surface area contributed by atoms with Crippen LogP contribution in [-0.4, -0.2) is 28.9 Å². The highest BCUT2D eigenvalue weighted by Crippen LogP contribution is 2.32. The van der Waals surface area contributed by atoms with Crippen LogP contribution in [-0.2, 0) is 0 Å². The van der Waals surface area contributed by atoms with Crippen LogP contribution in [0.1, 0.15) is 32.1 Å². The molecule has 2 aliphatic rings. The highest BCUT2D eigenvalue weighted by molar-refractivity contribution is 4.95. The molecule has 15 heavy (non-hydrogen) atoms. The fourth-order valence-electron chi connectivity index (χ4n) is 2.36. The molecule has 0 N–H and O–H groups in total. The topological polar surface area (TPSA) is 6.48 Å². The van der Waals surface area contributed by atoms with Gasteiger partial charge in [-0.15, -0.1) is 13.2 Å². The second-order valence-electron chi connectivity index (χ2n) is 4.11. The Labute approximate surface area is 87.3 Å². The number of hydrazine groups is 1. The molecule has 0 saturated heterocycles. The minimum absolute atomic E-state index is 0.0652. The second-order valence-corrected chi connectivity index (χ2v) is 4.11. The van der Waals surface area contributed by atoms with Crippen molar-refractivity contribution in [1.29, 1.82) is 0 Å². The van der Waals surface area contributed by atoms with Gasteiger partial charge in [0.25, 0.3) is 0 Å². The molecule has 1 aliphatic carbocycles. The first-order valence-corrected chi connectivity index (χ1v) is 5.38. The number of rotatable bonds is 1. The fourth-order valence-corrected chi connectivity index (χ4v) is 2.36. The van der Waals surface area contributed by atoms with E-state index in [1.807, 2.05) is 0 Å². The lowest BCUT2D eigenvalue weighted by Gasteiger charge is -2.38. The summed E-state index contributed by atoms with van der Waals surface area (Å²) < 4.78 is 37.8. The maximum absolute atomic E-state index is 12.6. The van der Waals surface area contributed by atoms with Gasteiger partial charge >= 0.3 is 6.30 Å². The van der Waals surface area contributed by atoms with Gasteiger partial charge in [0.2, 0.25) is 0 Å². The van der Waals surface area contributed by atoms with Crippen LogP contribution in [0.25, 0.3) is 0 Å². The van der Waals surface area contributed by atoms with Gasteiger partial charge in [-0.2, -0.15) is 0 Å². The van der Waals surface area contributed by atoms with Gasteiger partial charge in [-0.25, -0.2) is 10.0 Å². The number of hydrogen-bond acceptors (Lipinski definition) is 2. The monoisotopic (exact) mass is 220 g/mol. The van der Waals surface area contributed by atoms with Crippen LogP contribution in [0.5, 0.6) is 0 Å². The molecule has 1 saturated carbocycles. The van der Waals surface area contributed by atoms with Crippen LogP contribution in [0.3, 0.4) is 0 Å². The third kappa shape index (κ3) is 2.27. The van der Waals surface area contributed by atoms with Crippen molar-refractivity contribution in [2.75, 3.05) is 6.54 Å². The van der Waals surface area contributed by atoms with E-state index in [2.05, 4.69) is 0 Å². The van der Waals surface area contributed by atoms with Crippen molar-refractivity contribution in [3.63, 3.8) is 0 Å². The summed E-state index contributed by atoms with van der Waals surface area (Å²) in [6.07, 6.45) is 3.45. The molecule has 1 heterocycles. The maximum Gasteiger partial charge on any atom is 0.498 e. The van der Waals surface area contributed by atoms with E-state index in [0.29, 0.717) is 11.6 Å². The molecule has 0 unspecified atom stereocenters. The van der Waals surface area contributed by atoms with Crippen molar-refractivity contribution in [3.8, 4) is 0 Å². The molecule has 5 heteroatoms. The Bertz CT molecular complexity index is 244. The Morgan fingerprint density at radius 2 is 1.73 bits per heavy atom. The van der Waals surface area contributed by atoms with Crippen LogP contribution in [0.15, 0.2) is 12.3 Å². The smallest absolute Gasteiger partial charge is 0.221 e. The van der Waals surface area contributed by atoms with E-state index in [-0.39, 0.29) is 6.04 Å². The van der Waals surface area contributed by atoms with Gasteiger partial charge in [0.1, 0.15) is 0 Å². The zero-order valence-corrected chi connectivity index (χ0v) is 8.50. The normalized spacial score (nSPS) is 25.1. The second kappa shape index (κ2) is 4.04. The first-order chi connectivity index (χ1) is 7.09. The van der Waals surface area contributed by atoms with E-state index in [1.165, 1.54) is 5.01 Å². The summed E-state index contributed by atoms with van der Waals surface area (Å²) in [6, 6.07) is 0.0652. The predicted molar refractivity (Wildman–Crippen MR) is 50.6 cm³/mol. The first-order valence-electron chi connectivity index (χ1n) is 5.38. The van der Waals surface area contributed by atoms with Gasteiger partial charge in [-0.1, -0.05) is 25.3 Å². The summed E-state index contributed by atoms with van der Waals surface area (Å²) >= 11 is 0. The van der Waals surface area contributed by atoms with Crippen LogP contribution in [0.2, 0.25) is 0 Å².